The summed E-state index contributed by atoms with van der Waals surface area (Å²) in [5.41, 5.74) is 7.23. The van der Waals surface area contributed by atoms with Crippen molar-refractivity contribution in [2.24, 2.45) is 5.10 Å². The van der Waals surface area contributed by atoms with E-state index in [2.05, 4.69) is 53.5 Å². The number of aryl methyl sites for hydroxylation is 1. The molecule has 2 aromatic carbocycles. The Labute approximate surface area is 137 Å². The molecule has 0 amide bonds. The first-order valence-corrected chi connectivity index (χ1v) is 7.92. The number of nitrogens with zero attached hydrogens (tertiary/aromatic N) is 2. The molecule has 0 bridgehead atoms. The summed E-state index contributed by atoms with van der Waals surface area (Å²) in [6.07, 6.45) is 1.81. The number of anilines is 2. The van der Waals surface area contributed by atoms with Gasteiger partial charge >= 0.3 is 0 Å². The first kappa shape index (κ1) is 16.4. The second-order valence-electron chi connectivity index (χ2n) is 5.10. The van der Waals surface area contributed by atoms with Gasteiger partial charge in [0.15, 0.2) is 0 Å². The Bertz CT molecular complexity index is 631. The molecular weight excluding hydrogens is 294 g/mol. The summed E-state index contributed by atoms with van der Waals surface area (Å²) in [5.74, 6) is 0. The van der Waals surface area contributed by atoms with Gasteiger partial charge in [0.05, 0.1) is 11.9 Å². The average Bonchev–Trinajstić information content (AvgIpc) is 2.53. The normalized spacial score (nSPS) is 10.9. The van der Waals surface area contributed by atoms with Crippen LogP contribution in [0.1, 0.15) is 25.0 Å². The molecule has 0 aromatic heterocycles. The van der Waals surface area contributed by atoms with E-state index in [4.69, 9.17) is 11.6 Å². The minimum Gasteiger partial charge on any atom is -0.372 e. The molecule has 1 N–H and O–H groups in total. The van der Waals surface area contributed by atoms with Crippen LogP contribution in [0, 0.1) is 6.92 Å². The number of hydrazone groups is 1. The van der Waals surface area contributed by atoms with Crippen molar-refractivity contribution in [3.8, 4) is 0 Å². The zero-order chi connectivity index (χ0) is 15.9. The Kier molecular flexibility index (Phi) is 5.84. The largest absolute Gasteiger partial charge is 0.372 e. The Morgan fingerprint density at radius 2 is 1.77 bits per heavy atom. The molecule has 0 saturated heterocycles. The van der Waals surface area contributed by atoms with E-state index < -0.39 is 0 Å². The fourth-order valence-electron chi connectivity index (χ4n) is 2.20. The third-order valence-electron chi connectivity index (χ3n) is 3.60. The van der Waals surface area contributed by atoms with Gasteiger partial charge in [0, 0.05) is 23.8 Å². The van der Waals surface area contributed by atoms with Crippen LogP contribution in [-0.2, 0) is 0 Å². The van der Waals surface area contributed by atoms with Crippen LogP contribution in [-0.4, -0.2) is 19.3 Å². The van der Waals surface area contributed by atoms with Crippen molar-refractivity contribution < 1.29 is 0 Å². The summed E-state index contributed by atoms with van der Waals surface area (Å²) in [7, 11) is 0. The van der Waals surface area contributed by atoms with Crippen LogP contribution in [0.4, 0.5) is 11.4 Å². The van der Waals surface area contributed by atoms with Gasteiger partial charge in [-0.3, -0.25) is 5.43 Å². The van der Waals surface area contributed by atoms with Gasteiger partial charge in [-0.05, 0) is 56.2 Å². The van der Waals surface area contributed by atoms with Crippen LogP contribution in [0.3, 0.4) is 0 Å². The predicted octanol–water partition coefficient (Wildman–Crippen LogP) is 4.94. The van der Waals surface area contributed by atoms with E-state index in [9.17, 15) is 0 Å². The summed E-state index contributed by atoms with van der Waals surface area (Å²) >= 11 is 6.09. The molecule has 0 atom stereocenters. The minimum absolute atomic E-state index is 0.740. The summed E-state index contributed by atoms with van der Waals surface area (Å²) in [6.45, 7) is 8.33. The van der Waals surface area contributed by atoms with Crippen molar-refractivity contribution in [3.63, 3.8) is 0 Å². The van der Waals surface area contributed by atoms with E-state index in [1.807, 2.05) is 25.1 Å². The van der Waals surface area contributed by atoms with Crippen molar-refractivity contribution in [2.45, 2.75) is 20.8 Å². The van der Waals surface area contributed by atoms with E-state index in [0.29, 0.717) is 0 Å². The number of nitrogens with one attached hydrogen (secondary N) is 1. The molecule has 2 rings (SSSR count). The molecule has 0 fully saturated rings. The summed E-state index contributed by atoms with van der Waals surface area (Å²) < 4.78 is 0. The van der Waals surface area contributed by atoms with Gasteiger partial charge in [-0.2, -0.15) is 5.10 Å². The predicted molar refractivity (Wildman–Crippen MR) is 97.4 cm³/mol. The monoisotopic (exact) mass is 315 g/mol. The van der Waals surface area contributed by atoms with E-state index in [1.54, 1.807) is 6.21 Å². The molecule has 0 radical (unpaired) electrons. The van der Waals surface area contributed by atoms with Crippen LogP contribution >= 0.6 is 11.6 Å². The third kappa shape index (κ3) is 4.25. The summed E-state index contributed by atoms with van der Waals surface area (Å²) in [5, 5.41) is 4.99. The maximum atomic E-state index is 6.09. The molecule has 4 heteroatoms. The Morgan fingerprint density at radius 1 is 1.09 bits per heavy atom. The van der Waals surface area contributed by atoms with Gasteiger partial charge in [0.1, 0.15) is 0 Å². The van der Waals surface area contributed by atoms with Crippen LogP contribution < -0.4 is 10.3 Å². The molecule has 0 aliphatic heterocycles. The Hall–Kier alpha value is -2.00. The molecule has 3 nitrogen and oxygen atoms in total. The SMILES string of the molecule is CCN(CC)c1ccc(/C=N/Nc2ccc(C)c(Cl)c2)cc1. The zero-order valence-electron chi connectivity index (χ0n) is 13.3. The van der Waals surface area contributed by atoms with Gasteiger partial charge < -0.3 is 4.90 Å². The van der Waals surface area contributed by atoms with Crippen LogP contribution in [0.2, 0.25) is 5.02 Å². The Balaban J connectivity index is 1.99. The second-order valence-corrected chi connectivity index (χ2v) is 5.50. The number of hydrogen-bond donors (Lipinski definition) is 1. The van der Waals surface area contributed by atoms with E-state index in [1.165, 1.54) is 5.69 Å². The standard InChI is InChI=1S/C18H22ClN3/c1-4-22(5-2)17-10-7-15(8-11-17)13-20-21-16-9-6-14(3)18(19)12-16/h6-13,21H,4-5H2,1-3H3/b20-13+. The molecule has 0 unspecified atom stereocenters. The van der Waals surface area contributed by atoms with Crippen LogP contribution in [0.15, 0.2) is 47.6 Å². The van der Waals surface area contributed by atoms with Crippen LogP contribution in [0.5, 0.6) is 0 Å². The highest BCUT2D eigenvalue weighted by atomic mass is 35.5. The third-order valence-corrected chi connectivity index (χ3v) is 4.01. The molecule has 116 valence electrons. The lowest BCUT2D eigenvalue weighted by Gasteiger charge is -2.20. The lowest BCUT2D eigenvalue weighted by atomic mass is 10.2. The van der Waals surface area contributed by atoms with Crippen molar-refractivity contribution >= 4 is 29.2 Å². The lowest BCUT2D eigenvalue weighted by Crippen LogP contribution is -2.21. The molecule has 2 aromatic rings. The number of rotatable bonds is 6. The molecule has 0 aliphatic carbocycles. The second kappa shape index (κ2) is 7.85. The lowest BCUT2D eigenvalue weighted by molar-refractivity contribution is 0.866. The zero-order valence-corrected chi connectivity index (χ0v) is 14.1. The van der Waals surface area contributed by atoms with Gasteiger partial charge in [0.25, 0.3) is 0 Å². The Morgan fingerprint density at radius 3 is 2.36 bits per heavy atom. The quantitative estimate of drug-likeness (QED) is 0.604. The summed E-state index contributed by atoms with van der Waals surface area (Å²) in [4.78, 5) is 2.31. The highest BCUT2D eigenvalue weighted by Gasteiger charge is 2.00. The molecule has 22 heavy (non-hydrogen) atoms. The van der Waals surface area contributed by atoms with Crippen molar-refractivity contribution in [1.29, 1.82) is 0 Å². The van der Waals surface area contributed by atoms with Crippen molar-refractivity contribution in [1.82, 2.24) is 0 Å². The van der Waals surface area contributed by atoms with Crippen molar-refractivity contribution in [3.05, 3.63) is 58.6 Å². The van der Waals surface area contributed by atoms with Gasteiger partial charge in [-0.15, -0.1) is 0 Å². The fourth-order valence-corrected chi connectivity index (χ4v) is 2.38. The molecule has 0 saturated carbocycles. The average molecular weight is 316 g/mol. The highest BCUT2D eigenvalue weighted by Crippen LogP contribution is 2.20. The summed E-state index contributed by atoms with van der Waals surface area (Å²) in [6, 6.07) is 14.2. The van der Waals surface area contributed by atoms with E-state index in [0.717, 1.165) is 34.9 Å². The topological polar surface area (TPSA) is 27.6 Å². The molecule has 0 spiro atoms. The fraction of sp³-hybridized carbons (Fsp3) is 0.278. The van der Waals surface area contributed by atoms with E-state index in [-0.39, 0.29) is 0 Å². The minimum atomic E-state index is 0.740. The molecule has 0 heterocycles. The van der Waals surface area contributed by atoms with Crippen LogP contribution in [0.25, 0.3) is 0 Å². The number of hydrogen-bond acceptors (Lipinski definition) is 3. The highest BCUT2D eigenvalue weighted by molar-refractivity contribution is 6.31. The maximum absolute atomic E-state index is 6.09. The maximum Gasteiger partial charge on any atom is 0.0576 e. The van der Waals surface area contributed by atoms with E-state index >= 15 is 0 Å². The smallest absolute Gasteiger partial charge is 0.0576 e. The number of halogens is 1. The van der Waals surface area contributed by atoms with Gasteiger partial charge in [-0.1, -0.05) is 29.8 Å². The van der Waals surface area contributed by atoms with Crippen molar-refractivity contribution in [2.75, 3.05) is 23.4 Å². The van der Waals surface area contributed by atoms with Gasteiger partial charge in [-0.25, -0.2) is 0 Å². The number of benzene rings is 2. The van der Waals surface area contributed by atoms with Gasteiger partial charge in [0.2, 0.25) is 0 Å². The first-order valence-electron chi connectivity index (χ1n) is 7.54. The molecular formula is C18H22ClN3. The molecule has 0 aliphatic rings. The first-order chi connectivity index (χ1) is 10.6.